The second-order valence-electron chi connectivity index (χ2n) is 4.69. The Bertz CT molecular complexity index is 506. The van der Waals surface area contributed by atoms with Crippen LogP contribution in [0.4, 0.5) is 10.5 Å². The number of rotatable bonds is 4. The van der Waals surface area contributed by atoms with E-state index in [1.165, 1.54) is 12.3 Å². The van der Waals surface area contributed by atoms with Crippen LogP contribution in [0.15, 0.2) is 18.3 Å². The van der Waals surface area contributed by atoms with E-state index in [9.17, 15) is 9.59 Å². The summed E-state index contributed by atoms with van der Waals surface area (Å²) in [5.74, 6) is -0.835. The molecule has 1 fully saturated rings. The van der Waals surface area contributed by atoms with E-state index < -0.39 is 5.97 Å². The minimum Gasteiger partial charge on any atom is -0.476 e. The van der Waals surface area contributed by atoms with Crippen molar-refractivity contribution in [1.82, 2.24) is 9.88 Å². The lowest BCUT2D eigenvalue weighted by Gasteiger charge is -2.17. The monoisotopic (exact) mass is 279 g/mol. The van der Waals surface area contributed by atoms with Gasteiger partial charge in [-0.3, -0.25) is 0 Å². The van der Waals surface area contributed by atoms with Gasteiger partial charge in [0, 0.05) is 32.3 Å². The first kappa shape index (κ1) is 14.3. The molecule has 7 heteroatoms. The van der Waals surface area contributed by atoms with Crippen molar-refractivity contribution in [3.05, 3.63) is 24.0 Å². The largest absolute Gasteiger partial charge is 0.476 e. The van der Waals surface area contributed by atoms with Crippen molar-refractivity contribution in [3.63, 3.8) is 0 Å². The number of aromatic nitrogens is 1. The van der Waals surface area contributed by atoms with Gasteiger partial charge in [-0.05, 0) is 18.6 Å². The van der Waals surface area contributed by atoms with Gasteiger partial charge in [0.15, 0.2) is 5.69 Å². The number of carboxylic acids is 1. The molecule has 0 spiro atoms. The number of nitrogens with one attached hydrogen (secondary N) is 1. The topological polar surface area (TPSA) is 91.8 Å². The van der Waals surface area contributed by atoms with E-state index in [1.54, 1.807) is 18.1 Å². The minimum absolute atomic E-state index is 0.159. The summed E-state index contributed by atoms with van der Waals surface area (Å²) in [5, 5.41) is 11.6. The third-order valence-corrected chi connectivity index (χ3v) is 3.23. The van der Waals surface area contributed by atoms with Gasteiger partial charge in [-0.1, -0.05) is 0 Å². The fourth-order valence-electron chi connectivity index (χ4n) is 2.26. The number of carbonyl (C=O) groups is 2. The summed E-state index contributed by atoms with van der Waals surface area (Å²) in [4.78, 5) is 28.5. The molecular formula is C13H17N3O4. The zero-order chi connectivity index (χ0) is 14.5. The molecule has 1 aliphatic heterocycles. The van der Waals surface area contributed by atoms with E-state index in [-0.39, 0.29) is 17.4 Å². The number of carboxylic acid groups (broad SMARTS) is 1. The smallest absolute Gasteiger partial charge is 0.356 e. The highest BCUT2D eigenvalue weighted by Gasteiger charge is 2.26. The molecule has 7 nitrogen and oxygen atoms in total. The molecule has 1 aromatic rings. The van der Waals surface area contributed by atoms with Crippen LogP contribution in [0.3, 0.4) is 0 Å². The van der Waals surface area contributed by atoms with Crippen molar-refractivity contribution in [3.8, 4) is 0 Å². The highest BCUT2D eigenvalue weighted by molar-refractivity contribution is 5.98. The third-order valence-electron chi connectivity index (χ3n) is 3.23. The third kappa shape index (κ3) is 3.24. The Morgan fingerprint density at radius 3 is 3.10 bits per heavy atom. The highest BCUT2D eigenvalue weighted by Crippen LogP contribution is 2.19. The highest BCUT2D eigenvalue weighted by atomic mass is 16.5. The number of methoxy groups -OCH3 is 1. The van der Waals surface area contributed by atoms with Crippen molar-refractivity contribution >= 4 is 17.7 Å². The molecule has 0 saturated carbocycles. The molecule has 2 amide bonds. The number of ether oxygens (including phenoxy) is 1. The lowest BCUT2D eigenvalue weighted by Crippen LogP contribution is -2.33. The fourth-order valence-corrected chi connectivity index (χ4v) is 2.26. The molecule has 0 aliphatic carbocycles. The average Bonchev–Trinajstić information content (AvgIpc) is 2.88. The zero-order valence-electron chi connectivity index (χ0n) is 11.2. The number of hydrogen-bond acceptors (Lipinski definition) is 4. The van der Waals surface area contributed by atoms with Crippen molar-refractivity contribution in [1.29, 1.82) is 0 Å². The van der Waals surface area contributed by atoms with Gasteiger partial charge in [-0.25, -0.2) is 14.6 Å². The number of likely N-dealkylation sites (tertiary alicyclic amines) is 1. The van der Waals surface area contributed by atoms with Gasteiger partial charge in [-0.15, -0.1) is 0 Å². The van der Waals surface area contributed by atoms with E-state index in [2.05, 4.69) is 10.3 Å². The quantitative estimate of drug-likeness (QED) is 0.866. The molecule has 20 heavy (non-hydrogen) atoms. The predicted octanol–water partition coefficient (Wildman–Crippen LogP) is 1.28. The molecule has 2 heterocycles. The number of aromatic carboxylic acids is 1. The van der Waals surface area contributed by atoms with Crippen molar-refractivity contribution in [2.24, 2.45) is 5.92 Å². The van der Waals surface area contributed by atoms with E-state index in [0.29, 0.717) is 25.6 Å². The van der Waals surface area contributed by atoms with E-state index in [1.807, 2.05) is 0 Å². The first-order valence-electron chi connectivity index (χ1n) is 6.35. The Morgan fingerprint density at radius 2 is 2.40 bits per heavy atom. The second-order valence-corrected chi connectivity index (χ2v) is 4.69. The molecule has 108 valence electrons. The number of amides is 2. The zero-order valence-corrected chi connectivity index (χ0v) is 11.2. The van der Waals surface area contributed by atoms with Gasteiger partial charge >= 0.3 is 12.0 Å². The van der Waals surface area contributed by atoms with Gasteiger partial charge in [0.1, 0.15) is 0 Å². The molecule has 1 saturated heterocycles. The van der Waals surface area contributed by atoms with Crippen LogP contribution in [0.25, 0.3) is 0 Å². The Kier molecular flexibility index (Phi) is 4.52. The number of carbonyl (C=O) groups excluding carboxylic acids is 1. The molecule has 0 radical (unpaired) electrons. The minimum atomic E-state index is -1.17. The summed E-state index contributed by atoms with van der Waals surface area (Å²) in [7, 11) is 1.64. The van der Waals surface area contributed by atoms with E-state index in [4.69, 9.17) is 9.84 Å². The van der Waals surface area contributed by atoms with Crippen LogP contribution in [0, 0.1) is 5.92 Å². The molecule has 1 atom stereocenters. The number of anilines is 1. The van der Waals surface area contributed by atoms with Crippen LogP contribution in [0.2, 0.25) is 0 Å². The summed E-state index contributed by atoms with van der Waals surface area (Å²) in [6.07, 6.45) is 2.27. The molecule has 1 unspecified atom stereocenters. The average molecular weight is 279 g/mol. The normalized spacial score (nSPS) is 18.1. The molecule has 0 aromatic carbocycles. The van der Waals surface area contributed by atoms with Gasteiger partial charge in [0.25, 0.3) is 0 Å². The lowest BCUT2D eigenvalue weighted by molar-refractivity contribution is 0.0691. The Labute approximate surface area is 116 Å². The first-order chi connectivity index (χ1) is 9.61. The summed E-state index contributed by atoms with van der Waals surface area (Å²) in [6.45, 7) is 1.88. The number of urea groups is 1. The Morgan fingerprint density at radius 1 is 1.60 bits per heavy atom. The second kappa shape index (κ2) is 6.33. The number of hydrogen-bond donors (Lipinski definition) is 2. The Balaban J connectivity index is 2.00. The molecular weight excluding hydrogens is 262 g/mol. The van der Waals surface area contributed by atoms with Crippen molar-refractivity contribution in [2.45, 2.75) is 6.42 Å². The van der Waals surface area contributed by atoms with Gasteiger partial charge < -0.3 is 20.1 Å². The summed E-state index contributed by atoms with van der Waals surface area (Å²) in [5.41, 5.74) is 0.0497. The van der Waals surface area contributed by atoms with Crippen LogP contribution in [0.5, 0.6) is 0 Å². The van der Waals surface area contributed by atoms with E-state index in [0.717, 1.165) is 6.42 Å². The van der Waals surface area contributed by atoms with Gasteiger partial charge in [0.05, 0.1) is 12.3 Å². The van der Waals surface area contributed by atoms with Gasteiger partial charge in [0.2, 0.25) is 0 Å². The predicted molar refractivity (Wildman–Crippen MR) is 71.8 cm³/mol. The maximum Gasteiger partial charge on any atom is 0.356 e. The van der Waals surface area contributed by atoms with Crippen LogP contribution in [-0.2, 0) is 4.74 Å². The van der Waals surface area contributed by atoms with Crippen molar-refractivity contribution < 1.29 is 19.4 Å². The van der Waals surface area contributed by atoms with Crippen LogP contribution >= 0.6 is 0 Å². The molecule has 2 rings (SSSR count). The first-order valence-corrected chi connectivity index (χ1v) is 6.35. The standard InChI is InChI=1S/C13H17N3O4/c1-20-8-9-4-6-16(7-9)13(19)15-10-3-2-5-14-11(10)12(17)18/h2-3,5,9H,4,6-8H2,1H3,(H,15,19)(H,17,18). The summed E-state index contributed by atoms with van der Waals surface area (Å²) in [6, 6.07) is 2.80. The van der Waals surface area contributed by atoms with Crippen LogP contribution in [0.1, 0.15) is 16.9 Å². The SMILES string of the molecule is COCC1CCN(C(=O)Nc2cccnc2C(=O)O)C1. The van der Waals surface area contributed by atoms with Crippen molar-refractivity contribution in [2.75, 3.05) is 32.1 Å². The summed E-state index contributed by atoms with van der Waals surface area (Å²) < 4.78 is 5.08. The number of nitrogens with zero attached hydrogens (tertiary/aromatic N) is 2. The van der Waals surface area contributed by atoms with Crippen LogP contribution in [-0.4, -0.2) is 53.8 Å². The number of pyridine rings is 1. The van der Waals surface area contributed by atoms with Gasteiger partial charge in [-0.2, -0.15) is 0 Å². The van der Waals surface area contributed by atoms with E-state index >= 15 is 0 Å². The summed E-state index contributed by atoms with van der Waals surface area (Å²) >= 11 is 0. The molecule has 2 N–H and O–H groups in total. The maximum atomic E-state index is 12.1. The Hall–Kier alpha value is -2.15. The molecule has 0 bridgehead atoms. The maximum absolute atomic E-state index is 12.1. The molecule has 1 aliphatic rings. The molecule has 1 aromatic heterocycles. The van der Waals surface area contributed by atoms with Crippen LogP contribution < -0.4 is 5.32 Å². The lowest BCUT2D eigenvalue weighted by atomic mass is 10.1. The fraction of sp³-hybridized carbons (Fsp3) is 0.462.